The highest BCUT2D eigenvalue weighted by molar-refractivity contribution is 7.89. The van der Waals surface area contributed by atoms with Crippen LogP contribution in [0.5, 0.6) is 0 Å². The number of nitrogens with one attached hydrogen (secondary N) is 2. The molecule has 26 heavy (non-hydrogen) atoms. The molecule has 1 aromatic rings. The second kappa shape index (κ2) is 8.41. The third kappa shape index (κ3) is 4.78. The topological polar surface area (TPSA) is 146 Å². The molecule has 0 unspecified atom stereocenters. The first-order chi connectivity index (χ1) is 12.3. The maximum absolute atomic E-state index is 12.0. The summed E-state index contributed by atoms with van der Waals surface area (Å²) < 4.78 is 31.0. The van der Waals surface area contributed by atoms with Crippen LogP contribution in [0.3, 0.4) is 0 Å². The van der Waals surface area contributed by atoms with E-state index < -0.39 is 34.5 Å². The van der Waals surface area contributed by atoms with Crippen LogP contribution in [-0.2, 0) is 19.6 Å². The lowest BCUT2D eigenvalue weighted by Crippen LogP contribution is -2.37. The summed E-state index contributed by atoms with van der Waals surface area (Å²) >= 11 is 0. The van der Waals surface area contributed by atoms with Gasteiger partial charge in [-0.1, -0.05) is 0 Å². The first-order valence-electron chi connectivity index (χ1n) is 7.57. The number of amides is 3. The van der Waals surface area contributed by atoms with Crippen LogP contribution in [0.25, 0.3) is 0 Å². The van der Waals surface area contributed by atoms with Gasteiger partial charge in [0, 0.05) is 26.1 Å². The first-order valence-corrected chi connectivity index (χ1v) is 9.05. The Balaban J connectivity index is 1.93. The minimum atomic E-state index is -3.78. The molecule has 0 aliphatic carbocycles. The van der Waals surface area contributed by atoms with E-state index in [2.05, 4.69) is 10.0 Å². The average molecular weight is 380 g/mol. The van der Waals surface area contributed by atoms with Crippen molar-refractivity contribution in [1.29, 1.82) is 5.26 Å². The zero-order valence-electron chi connectivity index (χ0n) is 13.6. The molecule has 1 fully saturated rings. The van der Waals surface area contributed by atoms with E-state index in [1.807, 2.05) is 6.07 Å². The highest BCUT2D eigenvalue weighted by Gasteiger charge is 2.27. The van der Waals surface area contributed by atoms with E-state index in [1.165, 1.54) is 24.3 Å². The highest BCUT2D eigenvalue weighted by atomic mass is 32.2. The molecule has 0 bridgehead atoms. The Morgan fingerprint density at radius 1 is 1.31 bits per heavy atom. The molecule has 11 heteroatoms. The van der Waals surface area contributed by atoms with E-state index in [-0.39, 0.29) is 30.0 Å². The largest absolute Gasteiger partial charge is 0.452 e. The van der Waals surface area contributed by atoms with E-state index >= 15 is 0 Å². The Labute approximate surface area is 149 Å². The molecule has 2 rings (SSSR count). The van der Waals surface area contributed by atoms with E-state index in [9.17, 15) is 22.8 Å². The number of nitriles is 1. The van der Waals surface area contributed by atoms with Crippen LogP contribution in [0, 0.1) is 11.3 Å². The van der Waals surface area contributed by atoms with Crippen LogP contribution in [0.2, 0.25) is 0 Å². The van der Waals surface area contributed by atoms with Gasteiger partial charge in [0.15, 0.2) is 6.61 Å². The highest BCUT2D eigenvalue weighted by Crippen LogP contribution is 2.11. The number of rotatable bonds is 7. The SMILES string of the molecule is N#CCCNS(=O)(=O)c1ccc(C(=O)OCC(=O)N2CCNC2=O)cc1. The summed E-state index contributed by atoms with van der Waals surface area (Å²) in [5, 5.41) is 10.9. The van der Waals surface area contributed by atoms with E-state index in [1.54, 1.807) is 0 Å². The van der Waals surface area contributed by atoms with Gasteiger partial charge >= 0.3 is 12.0 Å². The number of hydrogen-bond acceptors (Lipinski definition) is 7. The number of sulfonamides is 1. The minimum Gasteiger partial charge on any atom is -0.452 e. The lowest BCUT2D eigenvalue weighted by Gasteiger charge is -2.12. The summed E-state index contributed by atoms with van der Waals surface area (Å²) in [6.45, 7) is -0.0612. The third-order valence-electron chi connectivity index (χ3n) is 3.41. The van der Waals surface area contributed by atoms with E-state index in [0.717, 1.165) is 4.90 Å². The van der Waals surface area contributed by atoms with Crippen LogP contribution in [0.15, 0.2) is 29.2 Å². The van der Waals surface area contributed by atoms with Gasteiger partial charge in [0.2, 0.25) is 10.0 Å². The Morgan fingerprint density at radius 2 is 2.00 bits per heavy atom. The smallest absolute Gasteiger partial charge is 0.338 e. The van der Waals surface area contributed by atoms with Crippen LogP contribution in [-0.4, -0.2) is 57.5 Å². The fraction of sp³-hybridized carbons (Fsp3) is 0.333. The van der Waals surface area contributed by atoms with Crippen molar-refractivity contribution < 1.29 is 27.5 Å². The number of esters is 1. The number of hydrogen-bond donors (Lipinski definition) is 2. The molecule has 10 nitrogen and oxygen atoms in total. The normalized spacial score (nSPS) is 13.8. The van der Waals surface area contributed by atoms with Crippen LogP contribution in [0.1, 0.15) is 16.8 Å². The molecular formula is C15H16N4O6S. The molecule has 138 valence electrons. The van der Waals surface area contributed by atoms with E-state index in [0.29, 0.717) is 6.54 Å². The number of nitrogens with zero attached hydrogens (tertiary/aromatic N) is 2. The Morgan fingerprint density at radius 3 is 2.58 bits per heavy atom. The second-order valence-corrected chi connectivity index (χ2v) is 6.95. The lowest BCUT2D eigenvalue weighted by molar-refractivity contribution is -0.130. The van der Waals surface area contributed by atoms with Gasteiger partial charge < -0.3 is 10.1 Å². The number of carbonyl (C=O) groups is 3. The second-order valence-electron chi connectivity index (χ2n) is 5.18. The van der Waals surface area contributed by atoms with Gasteiger partial charge in [-0.2, -0.15) is 5.26 Å². The summed E-state index contributed by atoms with van der Waals surface area (Å²) in [6.07, 6.45) is 0.0344. The monoisotopic (exact) mass is 380 g/mol. The van der Waals surface area contributed by atoms with Crippen LogP contribution in [0.4, 0.5) is 4.79 Å². The van der Waals surface area contributed by atoms with Crippen molar-refractivity contribution in [2.45, 2.75) is 11.3 Å². The van der Waals surface area contributed by atoms with Gasteiger partial charge in [-0.25, -0.2) is 22.7 Å². The summed E-state index contributed by atoms with van der Waals surface area (Å²) in [5.41, 5.74) is 0.0552. The fourth-order valence-electron chi connectivity index (χ4n) is 2.09. The summed E-state index contributed by atoms with van der Waals surface area (Å²) in [6, 6.07) is 6.19. The summed E-state index contributed by atoms with van der Waals surface area (Å²) in [4.78, 5) is 35.9. The van der Waals surface area contributed by atoms with Crippen molar-refractivity contribution >= 4 is 27.9 Å². The quantitative estimate of drug-likeness (QED) is 0.483. The standard InChI is InChI=1S/C15H16N4O6S/c16-6-1-7-18-26(23,24)12-4-2-11(3-5-12)14(21)25-10-13(20)19-9-8-17-15(19)22/h2-5,18H,1,7-10H2,(H,17,22). The molecular weight excluding hydrogens is 364 g/mol. The zero-order valence-corrected chi connectivity index (χ0v) is 14.4. The van der Waals surface area contributed by atoms with Gasteiger partial charge in [0.25, 0.3) is 5.91 Å². The van der Waals surface area contributed by atoms with Gasteiger partial charge in [-0.3, -0.25) is 9.69 Å². The van der Waals surface area contributed by atoms with Crippen molar-refractivity contribution in [2.24, 2.45) is 0 Å². The summed E-state index contributed by atoms with van der Waals surface area (Å²) in [5.74, 6) is -1.46. The van der Waals surface area contributed by atoms with Gasteiger partial charge in [-0.05, 0) is 24.3 Å². The van der Waals surface area contributed by atoms with Crippen molar-refractivity contribution in [3.8, 4) is 6.07 Å². The molecule has 3 amide bonds. The maximum Gasteiger partial charge on any atom is 0.338 e. The van der Waals surface area contributed by atoms with Gasteiger partial charge in [0.05, 0.1) is 16.5 Å². The van der Waals surface area contributed by atoms with Crippen LogP contribution < -0.4 is 10.0 Å². The Bertz CT molecular complexity index is 844. The number of carbonyl (C=O) groups excluding carboxylic acids is 3. The molecule has 0 saturated carbocycles. The molecule has 0 radical (unpaired) electrons. The van der Waals surface area contributed by atoms with Crippen molar-refractivity contribution in [3.63, 3.8) is 0 Å². The molecule has 1 heterocycles. The molecule has 1 aliphatic heterocycles. The number of urea groups is 1. The third-order valence-corrected chi connectivity index (χ3v) is 4.89. The molecule has 0 aromatic heterocycles. The Hall–Kier alpha value is -2.97. The van der Waals surface area contributed by atoms with Crippen molar-refractivity contribution in [1.82, 2.24) is 14.9 Å². The first kappa shape index (κ1) is 19.4. The van der Waals surface area contributed by atoms with E-state index in [4.69, 9.17) is 10.00 Å². The Kier molecular flexibility index (Phi) is 6.26. The minimum absolute atomic E-state index is 0.0190. The maximum atomic E-state index is 12.0. The van der Waals surface area contributed by atoms with Crippen LogP contribution >= 0.6 is 0 Å². The molecule has 1 saturated heterocycles. The molecule has 0 atom stereocenters. The average Bonchev–Trinajstić information content (AvgIpc) is 3.05. The van der Waals surface area contributed by atoms with Gasteiger partial charge in [-0.15, -0.1) is 0 Å². The zero-order chi connectivity index (χ0) is 19.2. The molecule has 0 spiro atoms. The fourth-order valence-corrected chi connectivity index (χ4v) is 3.12. The number of imide groups is 1. The van der Waals surface area contributed by atoms with Crippen molar-refractivity contribution in [2.75, 3.05) is 26.2 Å². The number of benzene rings is 1. The van der Waals surface area contributed by atoms with Crippen molar-refractivity contribution in [3.05, 3.63) is 29.8 Å². The number of ether oxygens (including phenoxy) is 1. The molecule has 1 aromatic carbocycles. The molecule has 1 aliphatic rings. The molecule has 2 N–H and O–H groups in total. The summed E-state index contributed by atoms with van der Waals surface area (Å²) in [7, 11) is -3.78. The predicted molar refractivity (Wildman–Crippen MR) is 87.3 cm³/mol. The lowest BCUT2D eigenvalue weighted by atomic mass is 10.2. The van der Waals surface area contributed by atoms with Gasteiger partial charge in [0.1, 0.15) is 0 Å². The predicted octanol–water partition coefficient (Wildman–Crippen LogP) is -0.413.